The standard InChI is InChI=1S/C14H13FN4O5S/c15-10-4-3-5-11(8-10)18(9-14(20)17-16)25(23,24)13-7-2-1-6-12(13)19(21)22/h1-8H,9,16H2,(H,17,20). The van der Waals surface area contributed by atoms with Gasteiger partial charge in [-0.05, 0) is 24.3 Å². The number of nitro groups is 1. The molecule has 0 aliphatic rings. The molecule has 9 nitrogen and oxygen atoms in total. The second-order valence-corrected chi connectivity index (χ2v) is 6.61. The van der Waals surface area contributed by atoms with Gasteiger partial charge in [0.15, 0.2) is 4.90 Å². The van der Waals surface area contributed by atoms with Crippen LogP contribution in [0.15, 0.2) is 53.4 Å². The Morgan fingerprint density at radius 3 is 2.52 bits per heavy atom. The number of para-hydroxylation sites is 1. The number of nitrogens with one attached hydrogen (secondary N) is 1. The second kappa shape index (κ2) is 7.23. The fraction of sp³-hybridized carbons (Fsp3) is 0.0714. The van der Waals surface area contributed by atoms with Crippen LogP contribution in [0, 0.1) is 15.9 Å². The highest BCUT2D eigenvalue weighted by atomic mass is 32.2. The molecule has 0 aliphatic heterocycles. The van der Waals surface area contributed by atoms with Gasteiger partial charge in [0.2, 0.25) is 0 Å². The largest absolute Gasteiger partial charge is 0.293 e. The molecule has 0 fully saturated rings. The Hall–Kier alpha value is -3.05. The van der Waals surface area contributed by atoms with Gasteiger partial charge in [-0.1, -0.05) is 18.2 Å². The maximum absolute atomic E-state index is 13.5. The number of anilines is 1. The Labute approximate surface area is 142 Å². The number of halogens is 1. The molecule has 0 saturated heterocycles. The van der Waals surface area contributed by atoms with E-state index in [1.165, 1.54) is 24.3 Å². The van der Waals surface area contributed by atoms with Crippen LogP contribution in [0.1, 0.15) is 0 Å². The molecule has 0 aliphatic carbocycles. The molecule has 132 valence electrons. The predicted molar refractivity (Wildman–Crippen MR) is 86.4 cm³/mol. The summed E-state index contributed by atoms with van der Waals surface area (Å²) in [5.41, 5.74) is 0.920. The molecule has 2 aromatic carbocycles. The van der Waals surface area contributed by atoms with Crippen LogP contribution in [0.5, 0.6) is 0 Å². The molecule has 2 rings (SSSR count). The van der Waals surface area contributed by atoms with Crippen molar-refractivity contribution in [1.82, 2.24) is 5.43 Å². The lowest BCUT2D eigenvalue weighted by Crippen LogP contribution is -2.43. The summed E-state index contributed by atoms with van der Waals surface area (Å²) in [5.74, 6) is 3.36. The molecular formula is C14H13FN4O5S. The summed E-state index contributed by atoms with van der Waals surface area (Å²) in [4.78, 5) is 21.2. The number of nitrogens with two attached hydrogens (primary N) is 1. The van der Waals surface area contributed by atoms with Gasteiger partial charge in [-0.25, -0.2) is 18.7 Å². The van der Waals surface area contributed by atoms with Crippen molar-refractivity contribution in [3.63, 3.8) is 0 Å². The first kappa shape index (κ1) is 18.3. The zero-order chi connectivity index (χ0) is 18.6. The third kappa shape index (κ3) is 3.89. The molecule has 0 bridgehead atoms. The highest BCUT2D eigenvalue weighted by Crippen LogP contribution is 2.29. The summed E-state index contributed by atoms with van der Waals surface area (Å²) in [6.07, 6.45) is 0. The van der Waals surface area contributed by atoms with Crippen LogP contribution in [0.2, 0.25) is 0 Å². The van der Waals surface area contributed by atoms with Crippen molar-refractivity contribution in [1.29, 1.82) is 0 Å². The Kier molecular flexibility index (Phi) is 5.29. The quantitative estimate of drug-likeness (QED) is 0.337. The maximum atomic E-state index is 13.5. The van der Waals surface area contributed by atoms with E-state index < -0.39 is 43.8 Å². The van der Waals surface area contributed by atoms with Crippen LogP contribution in [-0.2, 0) is 14.8 Å². The number of benzene rings is 2. The fourth-order valence-electron chi connectivity index (χ4n) is 2.07. The average molecular weight is 368 g/mol. The number of carbonyl (C=O) groups excluding carboxylic acids is 1. The lowest BCUT2D eigenvalue weighted by Gasteiger charge is -2.23. The summed E-state index contributed by atoms with van der Waals surface area (Å²) in [6.45, 7) is -0.783. The van der Waals surface area contributed by atoms with Gasteiger partial charge in [0, 0.05) is 6.07 Å². The number of hydrazine groups is 1. The van der Waals surface area contributed by atoms with Crippen molar-refractivity contribution in [2.24, 2.45) is 5.84 Å². The van der Waals surface area contributed by atoms with Crippen LogP contribution < -0.4 is 15.6 Å². The van der Waals surface area contributed by atoms with Gasteiger partial charge in [-0.15, -0.1) is 0 Å². The summed E-state index contributed by atoms with van der Waals surface area (Å²) in [5, 5.41) is 11.1. The summed E-state index contributed by atoms with van der Waals surface area (Å²) < 4.78 is 39.8. The van der Waals surface area contributed by atoms with Gasteiger partial charge in [-0.3, -0.25) is 24.6 Å². The second-order valence-electron chi connectivity index (χ2n) is 4.78. The van der Waals surface area contributed by atoms with Gasteiger partial charge >= 0.3 is 0 Å². The number of rotatable bonds is 6. The Morgan fingerprint density at radius 1 is 1.24 bits per heavy atom. The van der Waals surface area contributed by atoms with E-state index in [9.17, 15) is 27.7 Å². The molecule has 25 heavy (non-hydrogen) atoms. The number of sulfonamides is 1. The first-order chi connectivity index (χ1) is 11.8. The molecule has 11 heteroatoms. The van der Waals surface area contributed by atoms with E-state index in [0.717, 1.165) is 24.3 Å². The summed E-state index contributed by atoms with van der Waals surface area (Å²) in [7, 11) is -4.54. The zero-order valence-electron chi connectivity index (χ0n) is 12.6. The number of hydrogen-bond donors (Lipinski definition) is 2. The van der Waals surface area contributed by atoms with Crippen LogP contribution in [0.3, 0.4) is 0 Å². The minimum atomic E-state index is -4.54. The molecule has 0 unspecified atom stereocenters. The minimum absolute atomic E-state index is 0.179. The average Bonchev–Trinajstić information content (AvgIpc) is 2.59. The number of hydrogen-bond acceptors (Lipinski definition) is 6. The van der Waals surface area contributed by atoms with E-state index in [-0.39, 0.29) is 5.69 Å². The van der Waals surface area contributed by atoms with Crippen molar-refractivity contribution in [3.05, 3.63) is 64.5 Å². The molecule has 0 heterocycles. The SMILES string of the molecule is NNC(=O)CN(c1cccc(F)c1)S(=O)(=O)c1ccccc1[N+](=O)[O-]. The number of nitrogens with zero attached hydrogens (tertiary/aromatic N) is 2. The van der Waals surface area contributed by atoms with Gasteiger partial charge in [-0.2, -0.15) is 0 Å². The van der Waals surface area contributed by atoms with Crippen molar-refractivity contribution < 1.29 is 22.5 Å². The summed E-state index contributed by atoms with van der Waals surface area (Å²) >= 11 is 0. The van der Waals surface area contributed by atoms with E-state index in [4.69, 9.17) is 5.84 Å². The molecular weight excluding hydrogens is 355 g/mol. The van der Waals surface area contributed by atoms with Crippen molar-refractivity contribution in [2.45, 2.75) is 4.90 Å². The first-order valence-electron chi connectivity index (χ1n) is 6.78. The van der Waals surface area contributed by atoms with E-state index in [0.29, 0.717) is 4.31 Å². The third-order valence-corrected chi connectivity index (χ3v) is 5.00. The Bertz CT molecular complexity index is 919. The Balaban J connectivity index is 2.64. The van der Waals surface area contributed by atoms with E-state index in [1.54, 1.807) is 5.43 Å². The molecule has 3 N–H and O–H groups in total. The van der Waals surface area contributed by atoms with Gasteiger partial charge < -0.3 is 0 Å². The molecule has 0 spiro atoms. The van der Waals surface area contributed by atoms with Crippen molar-refractivity contribution >= 4 is 27.3 Å². The number of nitro benzene ring substituents is 1. The molecule has 1 amide bonds. The zero-order valence-corrected chi connectivity index (χ0v) is 13.4. The van der Waals surface area contributed by atoms with Crippen molar-refractivity contribution in [2.75, 3.05) is 10.8 Å². The van der Waals surface area contributed by atoms with Crippen molar-refractivity contribution in [3.8, 4) is 0 Å². The summed E-state index contributed by atoms with van der Waals surface area (Å²) in [6, 6.07) is 9.10. The highest BCUT2D eigenvalue weighted by Gasteiger charge is 2.33. The molecule has 0 atom stereocenters. The number of carbonyl (C=O) groups is 1. The maximum Gasteiger partial charge on any atom is 0.289 e. The highest BCUT2D eigenvalue weighted by molar-refractivity contribution is 7.93. The third-order valence-electron chi connectivity index (χ3n) is 3.17. The van der Waals surface area contributed by atoms with E-state index in [1.807, 2.05) is 0 Å². The van der Waals surface area contributed by atoms with Crippen LogP contribution in [0.4, 0.5) is 15.8 Å². The molecule has 0 aromatic heterocycles. The van der Waals surface area contributed by atoms with Crippen LogP contribution in [-0.4, -0.2) is 25.8 Å². The van der Waals surface area contributed by atoms with Crippen LogP contribution in [0.25, 0.3) is 0 Å². The normalized spacial score (nSPS) is 11.0. The van der Waals surface area contributed by atoms with E-state index in [2.05, 4.69) is 0 Å². The van der Waals surface area contributed by atoms with Crippen LogP contribution >= 0.6 is 0 Å². The topological polar surface area (TPSA) is 136 Å². The smallest absolute Gasteiger partial charge is 0.289 e. The van der Waals surface area contributed by atoms with E-state index >= 15 is 0 Å². The molecule has 0 radical (unpaired) electrons. The monoisotopic (exact) mass is 368 g/mol. The lowest BCUT2D eigenvalue weighted by atomic mass is 10.3. The Morgan fingerprint density at radius 2 is 1.92 bits per heavy atom. The molecule has 0 saturated carbocycles. The van der Waals surface area contributed by atoms with Gasteiger partial charge in [0.25, 0.3) is 21.6 Å². The lowest BCUT2D eigenvalue weighted by molar-refractivity contribution is -0.387. The predicted octanol–water partition coefficient (Wildman–Crippen LogP) is 0.919. The van der Waals surface area contributed by atoms with Gasteiger partial charge in [0.05, 0.1) is 10.6 Å². The molecule has 2 aromatic rings. The fourth-order valence-corrected chi connectivity index (χ4v) is 3.64. The van der Waals surface area contributed by atoms with Gasteiger partial charge in [0.1, 0.15) is 12.4 Å². The minimum Gasteiger partial charge on any atom is -0.293 e. The first-order valence-corrected chi connectivity index (χ1v) is 8.22. The number of amides is 1.